The van der Waals surface area contributed by atoms with Gasteiger partial charge in [0.05, 0.1) is 6.10 Å². The van der Waals surface area contributed by atoms with Crippen LogP contribution >= 0.6 is 0 Å². The first-order chi connectivity index (χ1) is 8.29. The lowest BCUT2D eigenvalue weighted by molar-refractivity contribution is 0.0632. The van der Waals surface area contributed by atoms with Gasteiger partial charge in [0.1, 0.15) is 0 Å². The molecule has 2 N–H and O–H groups in total. The Hall–Kier alpha value is -0.0800. The predicted molar refractivity (Wildman–Crippen MR) is 63.2 cm³/mol. The molecule has 5 saturated carbocycles. The molecule has 6 fully saturated rings. The highest BCUT2D eigenvalue weighted by Gasteiger charge is 2.79. The summed E-state index contributed by atoms with van der Waals surface area (Å²) in [6.45, 7) is 0. The Morgan fingerprint density at radius 2 is 1.53 bits per heavy atom. The van der Waals surface area contributed by atoms with E-state index in [1.165, 1.54) is 19.3 Å². The summed E-state index contributed by atoms with van der Waals surface area (Å²) < 4.78 is 0. The Labute approximate surface area is 102 Å². The molecular formula is C15H21NO. The van der Waals surface area contributed by atoms with Crippen molar-refractivity contribution in [3.63, 3.8) is 0 Å². The van der Waals surface area contributed by atoms with Gasteiger partial charge in [-0.05, 0) is 73.0 Å². The van der Waals surface area contributed by atoms with E-state index in [1.54, 1.807) is 6.42 Å². The van der Waals surface area contributed by atoms with Crippen LogP contribution in [0, 0.1) is 40.9 Å². The van der Waals surface area contributed by atoms with Crippen LogP contribution in [-0.2, 0) is 0 Å². The summed E-state index contributed by atoms with van der Waals surface area (Å²) in [5.41, 5.74) is 0.674. The van der Waals surface area contributed by atoms with Gasteiger partial charge in [-0.15, -0.1) is 0 Å². The standard InChI is InChI=1S/C15H21NO/c17-14-4-10-7-1-9(15(10)5-11(14)15)8-3-13-12(16-13)2-6(7)8/h6-14,16-17H,1-5H2. The summed E-state index contributed by atoms with van der Waals surface area (Å²) in [4.78, 5) is 0. The average molecular weight is 231 g/mol. The maximum absolute atomic E-state index is 10.2. The summed E-state index contributed by atoms with van der Waals surface area (Å²) in [7, 11) is 0. The molecule has 1 aliphatic heterocycles. The lowest BCUT2D eigenvalue weighted by Gasteiger charge is -2.42. The van der Waals surface area contributed by atoms with Gasteiger partial charge in [0.15, 0.2) is 0 Å². The Balaban J connectivity index is 1.44. The van der Waals surface area contributed by atoms with Crippen LogP contribution in [0.25, 0.3) is 0 Å². The van der Waals surface area contributed by atoms with E-state index in [0.717, 1.165) is 54.0 Å². The van der Waals surface area contributed by atoms with Gasteiger partial charge in [-0.25, -0.2) is 0 Å². The van der Waals surface area contributed by atoms with E-state index in [2.05, 4.69) is 5.32 Å². The molecule has 6 aliphatic rings. The zero-order valence-electron chi connectivity index (χ0n) is 10.2. The van der Waals surface area contributed by atoms with E-state index in [9.17, 15) is 5.11 Å². The quantitative estimate of drug-likeness (QED) is 0.619. The molecule has 0 aromatic carbocycles. The van der Waals surface area contributed by atoms with Gasteiger partial charge in [-0.2, -0.15) is 0 Å². The molecule has 0 aromatic heterocycles. The average Bonchev–Trinajstić information content (AvgIpc) is 3.14. The van der Waals surface area contributed by atoms with Gasteiger partial charge in [-0.3, -0.25) is 0 Å². The molecule has 10 atom stereocenters. The summed E-state index contributed by atoms with van der Waals surface area (Å²) in [6, 6.07) is 1.79. The van der Waals surface area contributed by atoms with E-state index < -0.39 is 0 Å². The van der Waals surface area contributed by atoms with E-state index in [0.29, 0.717) is 5.41 Å². The minimum absolute atomic E-state index is 0.0816. The van der Waals surface area contributed by atoms with Gasteiger partial charge in [0, 0.05) is 12.1 Å². The van der Waals surface area contributed by atoms with Crippen molar-refractivity contribution in [1.82, 2.24) is 5.32 Å². The molecular weight excluding hydrogens is 210 g/mol. The number of nitrogens with one attached hydrogen (secondary N) is 1. The summed E-state index contributed by atoms with van der Waals surface area (Å²) in [6.07, 6.45) is 7.14. The minimum Gasteiger partial charge on any atom is -0.393 e. The van der Waals surface area contributed by atoms with Crippen molar-refractivity contribution in [2.75, 3.05) is 0 Å². The predicted octanol–water partition coefficient (Wildman–Crippen LogP) is 1.39. The van der Waals surface area contributed by atoms with E-state index in [4.69, 9.17) is 0 Å². The molecule has 17 heavy (non-hydrogen) atoms. The normalized spacial score (nSPS) is 77.1. The monoisotopic (exact) mass is 231 g/mol. The van der Waals surface area contributed by atoms with Crippen molar-refractivity contribution in [3.8, 4) is 0 Å². The van der Waals surface area contributed by atoms with Crippen LogP contribution in [0.1, 0.15) is 32.1 Å². The number of fused-ring (bicyclic) bond motifs is 7. The molecule has 5 aliphatic carbocycles. The molecule has 1 spiro atoms. The summed E-state index contributed by atoms with van der Waals surface area (Å²) in [5, 5.41) is 13.9. The van der Waals surface area contributed by atoms with Gasteiger partial charge >= 0.3 is 0 Å². The molecule has 0 amide bonds. The second-order valence-corrected chi connectivity index (χ2v) is 8.02. The van der Waals surface area contributed by atoms with Gasteiger partial charge in [0.25, 0.3) is 0 Å². The third-order valence-corrected chi connectivity index (χ3v) is 7.96. The molecule has 2 bridgehead atoms. The van der Waals surface area contributed by atoms with Crippen molar-refractivity contribution in [1.29, 1.82) is 0 Å². The highest BCUT2D eigenvalue weighted by molar-refractivity contribution is 5.28. The van der Waals surface area contributed by atoms with Gasteiger partial charge in [-0.1, -0.05) is 0 Å². The van der Waals surface area contributed by atoms with Crippen molar-refractivity contribution in [2.45, 2.75) is 50.3 Å². The van der Waals surface area contributed by atoms with Crippen molar-refractivity contribution >= 4 is 0 Å². The zero-order valence-corrected chi connectivity index (χ0v) is 10.2. The SMILES string of the molecule is OC1CC2C3CC(C4CC5NC5CC34)C23CC13. The van der Waals surface area contributed by atoms with Crippen LogP contribution in [0.2, 0.25) is 0 Å². The third-order valence-electron chi connectivity index (χ3n) is 7.96. The van der Waals surface area contributed by atoms with Crippen LogP contribution in [0.4, 0.5) is 0 Å². The third kappa shape index (κ3) is 0.779. The van der Waals surface area contributed by atoms with E-state index in [1.807, 2.05) is 0 Å². The molecule has 1 heterocycles. The Morgan fingerprint density at radius 3 is 2.35 bits per heavy atom. The number of aliphatic hydroxyl groups is 1. The summed E-state index contributed by atoms with van der Waals surface area (Å²) in [5.74, 6) is 5.78. The molecule has 0 aromatic rings. The van der Waals surface area contributed by atoms with E-state index in [-0.39, 0.29) is 6.10 Å². The Bertz CT molecular complexity index is 423. The number of hydrogen-bond donors (Lipinski definition) is 2. The van der Waals surface area contributed by atoms with Crippen LogP contribution in [-0.4, -0.2) is 23.3 Å². The number of aliphatic hydroxyl groups excluding tert-OH is 1. The number of hydrogen-bond acceptors (Lipinski definition) is 2. The smallest absolute Gasteiger partial charge is 0.0577 e. The van der Waals surface area contributed by atoms with Gasteiger partial charge < -0.3 is 10.4 Å². The molecule has 10 unspecified atom stereocenters. The lowest BCUT2D eigenvalue weighted by Crippen LogP contribution is -2.38. The lowest BCUT2D eigenvalue weighted by atomic mass is 9.62. The largest absolute Gasteiger partial charge is 0.393 e. The fourth-order valence-corrected chi connectivity index (χ4v) is 7.46. The molecule has 0 radical (unpaired) electrons. The molecule has 1 saturated heterocycles. The second kappa shape index (κ2) is 2.34. The zero-order chi connectivity index (χ0) is 10.9. The van der Waals surface area contributed by atoms with E-state index >= 15 is 0 Å². The highest BCUT2D eigenvalue weighted by atomic mass is 16.3. The first-order valence-corrected chi connectivity index (χ1v) is 7.73. The van der Waals surface area contributed by atoms with Crippen LogP contribution in [0.5, 0.6) is 0 Å². The van der Waals surface area contributed by atoms with Crippen molar-refractivity contribution in [3.05, 3.63) is 0 Å². The molecule has 2 nitrogen and oxygen atoms in total. The van der Waals surface area contributed by atoms with Crippen molar-refractivity contribution < 1.29 is 5.11 Å². The van der Waals surface area contributed by atoms with Crippen LogP contribution in [0.3, 0.4) is 0 Å². The molecule has 92 valence electrons. The molecule has 2 heteroatoms. The fourth-order valence-electron chi connectivity index (χ4n) is 7.46. The van der Waals surface area contributed by atoms with Crippen molar-refractivity contribution in [2.24, 2.45) is 40.9 Å². The minimum atomic E-state index is 0.0816. The first kappa shape index (κ1) is 8.92. The van der Waals surface area contributed by atoms with Crippen LogP contribution < -0.4 is 5.32 Å². The highest BCUT2D eigenvalue weighted by Crippen LogP contribution is 2.83. The maximum Gasteiger partial charge on any atom is 0.0577 e. The second-order valence-electron chi connectivity index (χ2n) is 8.02. The Morgan fingerprint density at radius 1 is 0.824 bits per heavy atom. The van der Waals surface area contributed by atoms with Gasteiger partial charge in [0.2, 0.25) is 0 Å². The first-order valence-electron chi connectivity index (χ1n) is 7.73. The number of rotatable bonds is 0. The Kier molecular flexibility index (Phi) is 1.23. The maximum atomic E-state index is 10.2. The summed E-state index contributed by atoms with van der Waals surface area (Å²) >= 11 is 0. The topological polar surface area (TPSA) is 42.2 Å². The fraction of sp³-hybridized carbons (Fsp3) is 1.00. The van der Waals surface area contributed by atoms with Crippen LogP contribution in [0.15, 0.2) is 0 Å². The molecule has 6 rings (SSSR count).